The molecule has 380 valence electrons. The summed E-state index contributed by atoms with van der Waals surface area (Å²) >= 11 is 0. The third kappa shape index (κ3) is 12.8. The van der Waals surface area contributed by atoms with Crippen LogP contribution >= 0.6 is 0 Å². The van der Waals surface area contributed by atoms with E-state index in [1.165, 1.54) is 37.6 Å². The fourth-order valence-corrected chi connectivity index (χ4v) is 11.1. The number of amides is 1. The summed E-state index contributed by atoms with van der Waals surface area (Å²) < 4.78 is 65.3. The van der Waals surface area contributed by atoms with Gasteiger partial charge < -0.3 is 39.3 Å². The second kappa shape index (κ2) is 22.8. The normalized spacial score (nSPS) is 35.4. The maximum atomic E-state index is 14.6. The summed E-state index contributed by atoms with van der Waals surface area (Å²) in [6.07, 6.45) is -1.42. The molecule has 2 aromatic rings. The molecule has 1 aromatic carbocycles. The number of cyclic esters (lactones) is 1. The number of nitrogens with zero attached hydrogens (tertiary/aromatic N) is 6. The zero-order valence-corrected chi connectivity index (χ0v) is 42.2. The molecule has 3 fully saturated rings. The molecular formula is C48H73FN6O12S. The van der Waals surface area contributed by atoms with Gasteiger partial charge in [0.25, 0.3) is 0 Å². The number of esters is 1. The van der Waals surface area contributed by atoms with E-state index in [0.29, 0.717) is 30.8 Å². The van der Waals surface area contributed by atoms with Crippen molar-refractivity contribution < 1.29 is 61.6 Å². The molecule has 20 heteroatoms. The van der Waals surface area contributed by atoms with Crippen LogP contribution in [-0.4, -0.2) is 154 Å². The van der Waals surface area contributed by atoms with Crippen molar-refractivity contribution in [2.24, 2.45) is 39.2 Å². The van der Waals surface area contributed by atoms with Crippen LogP contribution in [0.5, 0.6) is 0 Å². The number of likely N-dealkylation sites (N-methyl/N-ethyl adjacent to an activating group) is 1. The van der Waals surface area contributed by atoms with Gasteiger partial charge in [-0.1, -0.05) is 57.1 Å². The molecule has 1 amide bonds. The highest BCUT2D eigenvalue weighted by Gasteiger charge is 2.52. The molecule has 2 bridgehead atoms. The molecule has 3 saturated heterocycles. The topological polar surface area (TPSA) is 242 Å². The van der Waals surface area contributed by atoms with Gasteiger partial charge in [-0.3, -0.25) is 14.4 Å². The minimum Gasteiger partial charge on any atom is -0.459 e. The number of Topliss-reactive ketones (excluding diaryl/α,β-unsaturated/α-hetero) is 1. The third-order valence-electron chi connectivity index (χ3n) is 14.4. The number of oxime groups is 1. The zero-order valence-electron chi connectivity index (χ0n) is 41.4. The van der Waals surface area contributed by atoms with Gasteiger partial charge in [-0.2, -0.15) is 0 Å². The maximum absolute atomic E-state index is 14.6. The van der Waals surface area contributed by atoms with Crippen molar-refractivity contribution in [3.63, 3.8) is 0 Å². The molecule has 5 rings (SSSR count). The van der Waals surface area contributed by atoms with Crippen LogP contribution in [0.4, 0.5) is 4.39 Å². The van der Waals surface area contributed by atoms with Crippen LogP contribution in [0.25, 0.3) is 0 Å². The van der Waals surface area contributed by atoms with Crippen LogP contribution in [0.15, 0.2) is 45.5 Å². The van der Waals surface area contributed by atoms with E-state index in [9.17, 15) is 42.6 Å². The molecule has 3 N–H and O–H groups in total. The zero-order chi connectivity index (χ0) is 50.5. The molecule has 0 spiro atoms. The highest BCUT2D eigenvalue weighted by molar-refractivity contribution is 7.90. The lowest BCUT2D eigenvalue weighted by Gasteiger charge is -2.48. The fraction of sp³-hybridized carbons (Fsp3) is 0.729. The third-order valence-corrected chi connectivity index (χ3v) is 15.5. The number of rotatable bonds is 12. The van der Waals surface area contributed by atoms with Crippen molar-refractivity contribution in [2.45, 2.75) is 167 Å². The Labute approximate surface area is 399 Å². The van der Waals surface area contributed by atoms with E-state index in [0.717, 1.165) is 11.8 Å². The van der Waals surface area contributed by atoms with Gasteiger partial charge in [-0.25, -0.2) is 22.5 Å². The van der Waals surface area contributed by atoms with E-state index in [1.54, 1.807) is 39.1 Å². The van der Waals surface area contributed by atoms with Crippen LogP contribution in [0.2, 0.25) is 0 Å². The van der Waals surface area contributed by atoms with Gasteiger partial charge >= 0.3 is 5.97 Å². The number of benzene rings is 1. The molecule has 68 heavy (non-hydrogen) atoms. The molecule has 3 aliphatic rings. The summed E-state index contributed by atoms with van der Waals surface area (Å²) in [5.41, 5.74) is -0.843. The first-order chi connectivity index (χ1) is 31.8. The first-order valence-electron chi connectivity index (χ1n) is 23.7. The number of alkyl halides is 1. The molecule has 18 nitrogen and oxygen atoms in total. The number of fused-ring (bicyclic) bond motifs is 5. The largest absolute Gasteiger partial charge is 0.459 e. The van der Waals surface area contributed by atoms with Crippen molar-refractivity contribution in [3.05, 3.63) is 41.7 Å². The number of ketones is 1. The van der Waals surface area contributed by atoms with E-state index in [4.69, 9.17) is 18.9 Å². The van der Waals surface area contributed by atoms with Crippen molar-refractivity contribution >= 4 is 38.9 Å². The Hall–Kier alpha value is -4.05. The lowest BCUT2D eigenvalue weighted by atomic mass is 9.66. The van der Waals surface area contributed by atoms with Crippen LogP contribution < -0.4 is 0 Å². The van der Waals surface area contributed by atoms with Crippen molar-refractivity contribution in [1.82, 2.24) is 19.9 Å². The van der Waals surface area contributed by atoms with Gasteiger partial charge in [-0.15, -0.1) is 5.10 Å². The number of carbonyl (C=O) groups is 3. The van der Waals surface area contributed by atoms with E-state index in [1.807, 2.05) is 32.7 Å². The van der Waals surface area contributed by atoms with Crippen molar-refractivity contribution in [1.29, 1.82) is 0 Å². The molecule has 14 atom stereocenters. The summed E-state index contributed by atoms with van der Waals surface area (Å²) in [7, 11) is -1.52. The Bertz CT molecular complexity index is 2240. The molecular weight excluding hydrogens is 904 g/mol. The number of aliphatic hydroxyl groups is 2. The van der Waals surface area contributed by atoms with E-state index < -0.39 is 118 Å². The number of aliphatic imine (C=N–C) groups is 1. The summed E-state index contributed by atoms with van der Waals surface area (Å²) in [6.45, 7) is 14.6. The van der Waals surface area contributed by atoms with E-state index >= 15 is 0 Å². The fourth-order valence-electron chi connectivity index (χ4n) is 10.5. The highest BCUT2D eigenvalue weighted by atomic mass is 32.2. The van der Waals surface area contributed by atoms with Crippen LogP contribution in [0, 0.1) is 29.1 Å². The van der Waals surface area contributed by atoms with Gasteiger partial charge in [0, 0.05) is 55.9 Å². The summed E-state index contributed by atoms with van der Waals surface area (Å²) in [4.78, 5) is 48.0. The van der Waals surface area contributed by atoms with Crippen LogP contribution in [0.1, 0.15) is 112 Å². The second-order valence-electron chi connectivity index (χ2n) is 20.0. The predicted molar refractivity (Wildman–Crippen MR) is 250 cm³/mol. The number of ether oxygens (including phenoxy) is 4. The average molecular weight is 977 g/mol. The minimum absolute atomic E-state index is 0.152. The minimum atomic E-state index is -3.37. The molecule has 0 saturated carbocycles. The van der Waals surface area contributed by atoms with Gasteiger partial charge in [0.1, 0.15) is 30.4 Å². The Morgan fingerprint density at radius 1 is 1.12 bits per heavy atom. The van der Waals surface area contributed by atoms with Crippen LogP contribution in [-0.2, 0) is 56.0 Å². The average Bonchev–Trinajstić information content (AvgIpc) is 3.76. The maximum Gasteiger partial charge on any atom is 0.316 e. The van der Waals surface area contributed by atoms with Crippen molar-refractivity contribution in [2.75, 3.05) is 33.1 Å². The molecule has 4 heterocycles. The Kier molecular flexibility index (Phi) is 18.4. The monoisotopic (exact) mass is 976 g/mol. The number of hydrogen-bond acceptors (Lipinski definition) is 16. The number of aliphatic hydroxyl groups excluding tert-OH is 1. The van der Waals surface area contributed by atoms with Gasteiger partial charge in [0.2, 0.25) is 5.91 Å². The Morgan fingerprint density at radius 2 is 1.79 bits per heavy atom. The smallest absolute Gasteiger partial charge is 0.316 e. The van der Waals surface area contributed by atoms with Gasteiger partial charge in [0.15, 0.2) is 21.9 Å². The predicted octanol–water partition coefficient (Wildman–Crippen LogP) is 4.75. The van der Waals surface area contributed by atoms with Crippen molar-refractivity contribution in [3.8, 4) is 0 Å². The second-order valence-corrected chi connectivity index (χ2v) is 22.0. The summed E-state index contributed by atoms with van der Waals surface area (Å²) in [6, 6.07) is 5.14. The first kappa shape index (κ1) is 54.9. The Morgan fingerprint density at radius 3 is 2.40 bits per heavy atom. The summed E-state index contributed by atoms with van der Waals surface area (Å²) in [5.74, 6) is -5.27. The number of carbonyl (C=O) groups excluding carboxylic acids is 3. The van der Waals surface area contributed by atoms with E-state index in [-0.39, 0.29) is 49.3 Å². The molecule has 1 aromatic heterocycles. The number of aromatic nitrogens is 3. The molecule has 3 aliphatic heterocycles. The van der Waals surface area contributed by atoms with Gasteiger partial charge in [-0.05, 0) is 95.4 Å². The van der Waals surface area contributed by atoms with Crippen LogP contribution in [0.3, 0.4) is 0 Å². The lowest BCUT2D eigenvalue weighted by molar-refractivity contribution is -0.287. The summed E-state index contributed by atoms with van der Waals surface area (Å²) in [5, 5.41) is 46.8. The number of halogens is 1. The van der Waals surface area contributed by atoms with Gasteiger partial charge in [0.05, 0.1) is 47.3 Å². The molecule has 0 aliphatic carbocycles. The quantitative estimate of drug-likeness (QED) is 0.113. The Balaban J connectivity index is 1.44. The number of hydrogen-bond donors (Lipinski definition) is 3. The molecule has 0 radical (unpaired) electrons. The molecule has 0 unspecified atom stereocenters. The first-order valence-corrected chi connectivity index (χ1v) is 25.6. The SMILES string of the molecule is CC[C@H]1OC(=O)[C@H](C)C(=O)[C@H](C)[C@@H](O[C@@H]2O[C@H](C)C[C@H](N(C)CCc3cn([C@H](CF)Cc4ccc(S(C)(=O)=O)cc4)nn3)[C@H]2O)[C@]2(C)CC/C(=N/O)CO[C@H]([C@@H](C)C(=NC(C)=O)[C@H](C)C2)[C@]1(C)O. The standard InChI is InChI=1S/C48H73FN6O12S/c1-12-39-48(9,60)44-29(4)40(50-32(7)56)27(2)23-47(8,19-17-35(52-61)26-64-44)43(30(5)41(57)31(6)45(59)66-39)67-46-42(58)38(21-28(3)65-46)54(10)20-18-34-25-55(53-51-34)36(24-49)22-33-13-15-37(16-14-33)68(11,62)63/h13-16,25,27-31,36,38-39,42-44,46,58,60-61H,12,17-24,26H2,1-11H3/b50-40?,52-35-/t27-,28-,29+,30+,31-,36+,38+,39-,42-,43-,44-,46+,47-,48-/m1/s1. The highest BCUT2D eigenvalue weighted by Crippen LogP contribution is 2.45. The van der Waals surface area contributed by atoms with E-state index in [2.05, 4.69) is 20.5 Å². The lowest BCUT2D eigenvalue weighted by Crippen LogP contribution is -2.59. The number of sulfone groups is 1.